The number of carbonyl (C=O) groups excluding carboxylic acids is 2. The quantitative estimate of drug-likeness (QED) is 0.553. The molecule has 1 saturated carbocycles. The number of nitrogens with zero attached hydrogens (tertiary/aromatic N) is 1. The zero-order valence-electron chi connectivity index (χ0n) is 9.32. The Hall–Kier alpha value is -1.70. The molecule has 0 bridgehead atoms. The summed E-state index contributed by atoms with van der Waals surface area (Å²) in [5.41, 5.74) is -0.0247. The van der Waals surface area contributed by atoms with Crippen molar-refractivity contribution >= 4 is 17.5 Å². The number of nitriles is 1. The summed E-state index contributed by atoms with van der Waals surface area (Å²) in [6.45, 7) is 2.92. The van der Waals surface area contributed by atoms with Gasteiger partial charge in [-0.25, -0.2) is 0 Å². The number of hydrogen-bond acceptors (Lipinski definition) is 5. The Kier molecular flexibility index (Phi) is 3.78. The lowest BCUT2D eigenvalue weighted by atomic mass is 10.0. The van der Waals surface area contributed by atoms with Gasteiger partial charge in [0.1, 0.15) is 5.92 Å². The van der Waals surface area contributed by atoms with Crippen LogP contribution in [0.1, 0.15) is 20.3 Å². The third-order valence-corrected chi connectivity index (χ3v) is 2.65. The van der Waals surface area contributed by atoms with Gasteiger partial charge in [0.15, 0.2) is 12.4 Å². The first-order valence-electron chi connectivity index (χ1n) is 5.11. The molecule has 86 valence electrons. The van der Waals surface area contributed by atoms with Gasteiger partial charge in [-0.2, -0.15) is 5.26 Å². The molecule has 0 radical (unpaired) electrons. The van der Waals surface area contributed by atoms with Gasteiger partial charge >= 0.3 is 5.97 Å². The smallest absolute Gasteiger partial charge is 0.309 e. The van der Waals surface area contributed by atoms with E-state index >= 15 is 0 Å². The molecule has 5 nitrogen and oxygen atoms in total. The highest BCUT2D eigenvalue weighted by atomic mass is 16.5. The number of Topliss-reactive ketones (excluding diaryl/α,β-unsaturated/α-hetero) is 1. The molecule has 0 unspecified atom stereocenters. The summed E-state index contributed by atoms with van der Waals surface area (Å²) in [7, 11) is 0. The van der Waals surface area contributed by atoms with Crippen molar-refractivity contribution in [2.45, 2.75) is 20.3 Å². The summed E-state index contributed by atoms with van der Waals surface area (Å²) in [5, 5.41) is 15.9. The monoisotopic (exact) mass is 222 g/mol. The van der Waals surface area contributed by atoms with E-state index in [4.69, 9.17) is 15.4 Å². The predicted molar refractivity (Wildman–Crippen MR) is 55.7 cm³/mol. The van der Waals surface area contributed by atoms with Crippen molar-refractivity contribution in [1.29, 1.82) is 10.7 Å². The van der Waals surface area contributed by atoms with E-state index in [0.29, 0.717) is 5.92 Å². The molecule has 5 heteroatoms. The van der Waals surface area contributed by atoms with Crippen molar-refractivity contribution in [1.82, 2.24) is 0 Å². The molecule has 1 fully saturated rings. The van der Waals surface area contributed by atoms with Crippen molar-refractivity contribution in [3.8, 4) is 6.07 Å². The number of rotatable bonds is 5. The molecule has 3 atom stereocenters. The van der Waals surface area contributed by atoms with Crippen LogP contribution in [0.4, 0.5) is 0 Å². The minimum atomic E-state index is -1.09. The molecule has 0 aromatic heterocycles. The van der Waals surface area contributed by atoms with E-state index in [1.165, 1.54) is 6.92 Å². The van der Waals surface area contributed by atoms with E-state index in [1.54, 1.807) is 6.07 Å². The second kappa shape index (κ2) is 4.88. The van der Waals surface area contributed by atoms with Crippen molar-refractivity contribution in [3.05, 3.63) is 0 Å². The van der Waals surface area contributed by atoms with Crippen LogP contribution >= 0.6 is 0 Å². The average Bonchev–Trinajstić information content (AvgIpc) is 2.92. The van der Waals surface area contributed by atoms with Gasteiger partial charge in [0, 0.05) is 5.71 Å². The number of esters is 1. The number of ether oxygens (including phenoxy) is 1. The standard InChI is InChI=1S/C11H14N2O3/c1-6-3-8(6)11(15)16-5-10(14)9(4-12)7(2)13/h6,8-9,13H,3,5H2,1-2H3/t6-,8+,9+/m0/s1. The zero-order chi connectivity index (χ0) is 12.3. The Balaban J connectivity index is 2.38. The van der Waals surface area contributed by atoms with E-state index in [0.717, 1.165) is 6.42 Å². The number of hydrogen-bond donors (Lipinski definition) is 1. The largest absolute Gasteiger partial charge is 0.457 e. The molecule has 1 rings (SSSR count). The lowest BCUT2D eigenvalue weighted by Gasteiger charge is -2.07. The Morgan fingerprint density at radius 2 is 2.19 bits per heavy atom. The van der Waals surface area contributed by atoms with Crippen molar-refractivity contribution in [3.63, 3.8) is 0 Å². The van der Waals surface area contributed by atoms with E-state index in [-0.39, 0.29) is 17.6 Å². The molecule has 1 aliphatic rings. The van der Waals surface area contributed by atoms with Gasteiger partial charge < -0.3 is 10.1 Å². The third kappa shape index (κ3) is 2.89. The molecule has 0 aromatic rings. The van der Waals surface area contributed by atoms with E-state index in [9.17, 15) is 9.59 Å². The lowest BCUT2D eigenvalue weighted by molar-refractivity contribution is -0.149. The molecule has 16 heavy (non-hydrogen) atoms. The van der Waals surface area contributed by atoms with Crippen LogP contribution in [-0.2, 0) is 14.3 Å². The molecule has 1 N–H and O–H groups in total. The second-order valence-corrected chi connectivity index (χ2v) is 4.14. The van der Waals surface area contributed by atoms with Gasteiger partial charge in [0.05, 0.1) is 12.0 Å². The van der Waals surface area contributed by atoms with Crippen molar-refractivity contribution in [2.24, 2.45) is 17.8 Å². The highest BCUT2D eigenvalue weighted by molar-refractivity contribution is 6.06. The molecule has 0 aromatic carbocycles. The normalized spacial score (nSPS) is 24.1. The summed E-state index contributed by atoms with van der Waals surface area (Å²) in [6.07, 6.45) is 0.804. The summed E-state index contributed by atoms with van der Waals surface area (Å²) < 4.78 is 4.79. The van der Waals surface area contributed by atoms with Gasteiger partial charge in [-0.05, 0) is 19.3 Å². The van der Waals surface area contributed by atoms with Crippen LogP contribution in [0.15, 0.2) is 0 Å². The van der Waals surface area contributed by atoms with Crippen LogP contribution in [0.3, 0.4) is 0 Å². The van der Waals surface area contributed by atoms with Crippen LogP contribution in [0.2, 0.25) is 0 Å². The molecule has 1 aliphatic carbocycles. The summed E-state index contributed by atoms with van der Waals surface area (Å²) >= 11 is 0. The van der Waals surface area contributed by atoms with Gasteiger partial charge in [0.2, 0.25) is 0 Å². The highest BCUT2D eigenvalue weighted by Crippen LogP contribution is 2.38. The first-order valence-corrected chi connectivity index (χ1v) is 5.11. The van der Waals surface area contributed by atoms with Gasteiger partial charge in [-0.1, -0.05) is 6.92 Å². The fraction of sp³-hybridized carbons (Fsp3) is 0.636. The molecular formula is C11H14N2O3. The number of ketones is 1. The first kappa shape index (κ1) is 12.4. The van der Waals surface area contributed by atoms with Crippen LogP contribution < -0.4 is 0 Å². The fourth-order valence-corrected chi connectivity index (χ4v) is 1.39. The Labute approximate surface area is 93.9 Å². The summed E-state index contributed by atoms with van der Waals surface area (Å²) in [4.78, 5) is 22.7. The molecule has 0 saturated heterocycles. The van der Waals surface area contributed by atoms with Gasteiger partial charge in [0.25, 0.3) is 0 Å². The van der Waals surface area contributed by atoms with Gasteiger partial charge in [-0.15, -0.1) is 0 Å². The molecule has 0 aliphatic heterocycles. The number of nitrogens with one attached hydrogen (secondary N) is 1. The minimum Gasteiger partial charge on any atom is -0.457 e. The minimum absolute atomic E-state index is 0.0247. The topological polar surface area (TPSA) is 91.0 Å². The van der Waals surface area contributed by atoms with Crippen LogP contribution in [0.5, 0.6) is 0 Å². The zero-order valence-corrected chi connectivity index (χ0v) is 9.32. The SMILES string of the molecule is CC(=N)[C@@H](C#N)C(=O)COC(=O)[C@@H]1C[C@@H]1C. The Bertz CT molecular complexity index is 370. The average molecular weight is 222 g/mol. The van der Waals surface area contributed by atoms with Gasteiger partial charge in [-0.3, -0.25) is 9.59 Å². The predicted octanol–water partition coefficient (Wildman–Crippen LogP) is 0.934. The maximum Gasteiger partial charge on any atom is 0.309 e. The summed E-state index contributed by atoms with van der Waals surface area (Å²) in [5.74, 6) is -1.76. The third-order valence-electron chi connectivity index (χ3n) is 2.65. The summed E-state index contributed by atoms with van der Waals surface area (Å²) in [6, 6.07) is 1.71. The maximum absolute atomic E-state index is 11.4. The fourth-order valence-electron chi connectivity index (χ4n) is 1.39. The van der Waals surface area contributed by atoms with Crippen LogP contribution in [-0.4, -0.2) is 24.1 Å². The van der Waals surface area contributed by atoms with Crippen LogP contribution in [0.25, 0.3) is 0 Å². The van der Waals surface area contributed by atoms with E-state index < -0.39 is 18.3 Å². The Morgan fingerprint density at radius 1 is 1.62 bits per heavy atom. The Morgan fingerprint density at radius 3 is 2.56 bits per heavy atom. The maximum atomic E-state index is 11.4. The highest BCUT2D eigenvalue weighted by Gasteiger charge is 2.40. The molecule has 0 spiro atoms. The molecular weight excluding hydrogens is 208 g/mol. The van der Waals surface area contributed by atoms with Crippen molar-refractivity contribution in [2.75, 3.05) is 6.61 Å². The molecule has 0 amide bonds. The lowest BCUT2D eigenvalue weighted by Crippen LogP contribution is -2.26. The molecule has 0 heterocycles. The first-order chi connectivity index (χ1) is 7.47. The van der Waals surface area contributed by atoms with E-state index in [1.807, 2.05) is 6.92 Å². The van der Waals surface area contributed by atoms with Crippen LogP contribution in [0, 0.1) is 34.5 Å². The van der Waals surface area contributed by atoms with E-state index in [2.05, 4.69) is 0 Å². The number of carbonyl (C=O) groups is 2. The van der Waals surface area contributed by atoms with Crippen molar-refractivity contribution < 1.29 is 14.3 Å². The second-order valence-electron chi connectivity index (χ2n) is 4.14.